The third-order valence-electron chi connectivity index (χ3n) is 2.40. The molecular formula is C12H9F2NO2S. The molecule has 0 atom stereocenters. The Morgan fingerprint density at radius 3 is 2.44 bits per heavy atom. The van der Waals surface area contributed by atoms with Crippen molar-refractivity contribution >= 4 is 17.3 Å². The molecule has 0 fully saturated rings. The van der Waals surface area contributed by atoms with Crippen LogP contribution in [0.15, 0.2) is 18.2 Å². The van der Waals surface area contributed by atoms with Gasteiger partial charge in [0.15, 0.2) is 5.69 Å². The monoisotopic (exact) mass is 269 g/mol. The second kappa shape index (κ2) is 4.81. The molecule has 0 aliphatic heterocycles. The van der Waals surface area contributed by atoms with Gasteiger partial charge in [-0.3, -0.25) is 0 Å². The first kappa shape index (κ1) is 12.6. The average molecular weight is 269 g/mol. The molecule has 0 bridgehead atoms. The molecule has 2 rings (SSSR count). The Hall–Kier alpha value is -1.82. The number of carboxylic acids is 1. The van der Waals surface area contributed by atoms with Crippen LogP contribution >= 0.6 is 11.3 Å². The predicted octanol–water partition coefficient (Wildman–Crippen LogP) is 3.35. The van der Waals surface area contributed by atoms with E-state index in [1.807, 2.05) is 0 Å². The Balaban J connectivity index is 2.62. The first-order valence-electron chi connectivity index (χ1n) is 5.22. The number of nitrogens with zero attached hydrogens (tertiary/aromatic N) is 1. The normalized spacial score (nSPS) is 10.6. The first-order valence-corrected chi connectivity index (χ1v) is 6.03. The summed E-state index contributed by atoms with van der Waals surface area (Å²) in [7, 11) is 0. The first-order chi connectivity index (χ1) is 8.54. The van der Waals surface area contributed by atoms with Crippen molar-refractivity contribution in [2.75, 3.05) is 0 Å². The molecule has 6 heteroatoms. The Labute approximate surface area is 106 Å². The predicted molar refractivity (Wildman–Crippen MR) is 63.8 cm³/mol. The second-order valence-corrected chi connectivity index (χ2v) is 4.63. The van der Waals surface area contributed by atoms with Gasteiger partial charge in [0.2, 0.25) is 0 Å². The molecule has 0 amide bonds. The van der Waals surface area contributed by atoms with Gasteiger partial charge in [0, 0.05) is 4.88 Å². The minimum absolute atomic E-state index is 0.0554. The van der Waals surface area contributed by atoms with E-state index < -0.39 is 17.6 Å². The number of rotatable bonds is 3. The fourth-order valence-corrected chi connectivity index (χ4v) is 2.61. The summed E-state index contributed by atoms with van der Waals surface area (Å²) in [6, 6.07) is 3.48. The van der Waals surface area contributed by atoms with Crippen LogP contribution in [0, 0.1) is 11.6 Å². The molecule has 1 heterocycles. The van der Waals surface area contributed by atoms with Gasteiger partial charge in [-0.15, -0.1) is 11.3 Å². The molecular weight excluding hydrogens is 260 g/mol. The number of aromatic carboxylic acids is 1. The third-order valence-corrected chi connectivity index (χ3v) is 3.61. The van der Waals surface area contributed by atoms with Crippen molar-refractivity contribution in [3.05, 3.63) is 40.4 Å². The maximum absolute atomic E-state index is 13.6. The molecule has 1 N–H and O–H groups in total. The van der Waals surface area contributed by atoms with Crippen LogP contribution in [0.5, 0.6) is 0 Å². The number of carbonyl (C=O) groups is 1. The van der Waals surface area contributed by atoms with Crippen LogP contribution in [0.1, 0.15) is 22.3 Å². The van der Waals surface area contributed by atoms with Crippen molar-refractivity contribution in [3.63, 3.8) is 0 Å². The SMILES string of the molecule is CCc1sc(-c2c(F)cccc2F)nc1C(=O)O. The summed E-state index contributed by atoms with van der Waals surface area (Å²) >= 11 is 0.997. The van der Waals surface area contributed by atoms with Crippen LogP contribution < -0.4 is 0 Å². The molecule has 0 radical (unpaired) electrons. The van der Waals surface area contributed by atoms with Crippen LogP contribution in [0.2, 0.25) is 0 Å². The molecule has 94 valence electrons. The lowest BCUT2D eigenvalue weighted by atomic mass is 10.2. The molecule has 0 saturated carbocycles. The number of hydrogen-bond acceptors (Lipinski definition) is 3. The van der Waals surface area contributed by atoms with Crippen molar-refractivity contribution in [1.29, 1.82) is 0 Å². The maximum atomic E-state index is 13.6. The van der Waals surface area contributed by atoms with E-state index in [1.165, 1.54) is 6.07 Å². The molecule has 1 aromatic carbocycles. The van der Waals surface area contributed by atoms with E-state index in [0.29, 0.717) is 11.3 Å². The second-order valence-electron chi connectivity index (χ2n) is 3.55. The summed E-state index contributed by atoms with van der Waals surface area (Å²) in [5, 5.41) is 9.01. The van der Waals surface area contributed by atoms with E-state index >= 15 is 0 Å². The standard InChI is InChI=1S/C12H9F2NO2S/c1-2-8-10(12(16)17)15-11(18-8)9-6(13)4-3-5-7(9)14/h3-5H,2H2,1H3,(H,16,17). The molecule has 1 aromatic heterocycles. The van der Waals surface area contributed by atoms with Crippen molar-refractivity contribution in [3.8, 4) is 10.6 Å². The number of thiazole rings is 1. The molecule has 0 aliphatic rings. The highest BCUT2D eigenvalue weighted by atomic mass is 32.1. The van der Waals surface area contributed by atoms with Gasteiger partial charge in [0.25, 0.3) is 0 Å². The number of halogens is 2. The number of hydrogen-bond donors (Lipinski definition) is 1. The topological polar surface area (TPSA) is 50.2 Å². The van der Waals surface area contributed by atoms with Gasteiger partial charge in [-0.1, -0.05) is 13.0 Å². The van der Waals surface area contributed by atoms with E-state index in [2.05, 4.69) is 4.98 Å². The van der Waals surface area contributed by atoms with Crippen molar-refractivity contribution < 1.29 is 18.7 Å². The summed E-state index contributed by atoms with van der Waals surface area (Å²) in [6.45, 7) is 1.77. The molecule has 0 spiro atoms. The summed E-state index contributed by atoms with van der Waals surface area (Å²) in [5.74, 6) is -2.68. The fraction of sp³-hybridized carbons (Fsp3) is 0.167. The van der Waals surface area contributed by atoms with Crippen LogP contribution in [-0.4, -0.2) is 16.1 Å². The Kier molecular flexibility index (Phi) is 3.38. The summed E-state index contributed by atoms with van der Waals surface area (Å²) in [5.41, 5.74) is -0.412. The minimum Gasteiger partial charge on any atom is -0.476 e. The number of benzene rings is 1. The Morgan fingerprint density at radius 2 is 2.00 bits per heavy atom. The smallest absolute Gasteiger partial charge is 0.355 e. The highest BCUT2D eigenvalue weighted by Gasteiger charge is 2.20. The fourth-order valence-electron chi connectivity index (χ4n) is 1.57. The summed E-state index contributed by atoms with van der Waals surface area (Å²) in [6.07, 6.45) is 0.454. The zero-order valence-corrected chi connectivity index (χ0v) is 10.2. The lowest BCUT2D eigenvalue weighted by molar-refractivity contribution is 0.0690. The van der Waals surface area contributed by atoms with E-state index in [9.17, 15) is 13.6 Å². The molecule has 0 saturated heterocycles. The molecule has 2 aromatic rings. The average Bonchev–Trinajstić information content (AvgIpc) is 2.73. The number of carboxylic acid groups (broad SMARTS) is 1. The highest BCUT2D eigenvalue weighted by Crippen LogP contribution is 2.32. The van der Waals surface area contributed by atoms with Gasteiger partial charge in [-0.05, 0) is 18.6 Å². The van der Waals surface area contributed by atoms with Crippen molar-refractivity contribution in [2.24, 2.45) is 0 Å². The van der Waals surface area contributed by atoms with Gasteiger partial charge in [0.1, 0.15) is 16.6 Å². The van der Waals surface area contributed by atoms with Crippen molar-refractivity contribution in [1.82, 2.24) is 4.98 Å². The molecule has 3 nitrogen and oxygen atoms in total. The van der Waals surface area contributed by atoms with Gasteiger partial charge in [-0.25, -0.2) is 18.6 Å². The van der Waals surface area contributed by atoms with Crippen LogP contribution in [0.25, 0.3) is 10.6 Å². The van der Waals surface area contributed by atoms with E-state index in [1.54, 1.807) is 6.92 Å². The zero-order chi connectivity index (χ0) is 13.3. The quantitative estimate of drug-likeness (QED) is 0.929. The summed E-state index contributed by atoms with van der Waals surface area (Å²) < 4.78 is 27.1. The van der Waals surface area contributed by atoms with Gasteiger partial charge < -0.3 is 5.11 Å². The largest absolute Gasteiger partial charge is 0.476 e. The van der Waals surface area contributed by atoms with Gasteiger partial charge >= 0.3 is 5.97 Å². The molecule has 0 unspecified atom stereocenters. The van der Waals surface area contributed by atoms with E-state index in [0.717, 1.165) is 23.5 Å². The zero-order valence-electron chi connectivity index (χ0n) is 9.41. The summed E-state index contributed by atoms with van der Waals surface area (Å²) in [4.78, 5) is 15.3. The third kappa shape index (κ3) is 2.11. The Morgan fingerprint density at radius 1 is 1.39 bits per heavy atom. The van der Waals surface area contributed by atoms with Gasteiger partial charge in [-0.2, -0.15) is 0 Å². The lowest BCUT2D eigenvalue weighted by Crippen LogP contribution is -2.00. The Bertz CT molecular complexity index is 590. The molecule has 0 aliphatic carbocycles. The van der Waals surface area contributed by atoms with E-state index in [4.69, 9.17) is 5.11 Å². The number of aromatic nitrogens is 1. The van der Waals surface area contributed by atoms with Gasteiger partial charge in [0.05, 0.1) is 5.56 Å². The molecule has 18 heavy (non-hydrogen) atoms. The van der Waals surface area contributed by atoms with E-state index in [-0.39, 0.29) is 16.3 Å². The minimum atomic E-state index is -1.19. The van der Waals surface area contributed by atoms with Crippen LogP contribution in [0.3, 0.4) is 0 Å². The van der Waals surface area contributed by atoms with Crippen LogP contribution in [0.4, 0.5) is 8.78 Å². The van der Waals surface area contributed by atoms with Crippen molar-refractivity contribution in [2.45, 2.75) is 13.3 Å². The van der Waals surface area contributed by atoms with Crippen LogP contribution in [-0.2, 0) is 6.42 Å². The maximum Gasteiger partial charge on any atom is 0.355 e. The highest BCUT2D eigenvalue weighted by molar-refractivity contribution is 7.15. The lowest BCUT2D eigenvalue weighted by Gasteiger charge is -1.99. The number of aryl methyl sites for hydroxylation is 1.